The second-order valence-corrected chi connectivity index (χ2v) is 5.33. The van der Waals surface area contributed by atoms with Gasteiger partial charge >= 0.3 is 0 Å². The summed E-state index contributed by atoms with van der Waals surface area (Å²) in [6, 6.07) is 8.28. The first kappa shape index (κ1) is 13.1. The number of nitrogens with one attached hydrogen (secondary N) is 2. The number of amides is 1. The third-order valence-electron chi connectivity index (χ3n) is 3.87. The van der Waals surface area contributed by atoms with Crippen molar-refractivity contribution in [1.82, 2.24) is 10.6 Å². The molecular formula is C15H22N2O. The van der Waals surface area contributed by atoms with Gasteiger partial charge in [0.15, 0.2) is 0 Å². The minimum Gasteiger partial charge on any atom is -0.349 e. The average Bonchev–Trinajstić information content (AvgIpc) is 2.76. The number of aryl methyl sites for hydroxylation is 1. The van der Waals surface area contributed by atoms with Crippen molar-refractivity contribution >= 4 is 5.91 Å². The van der Waals surface area contributed by atoms with Crippen LogP contribution in [0.25, 0.3) is 0 Å². The summed E-state index contributed by atoms with van der Waals surface area (Å²) in [5.74, 6) is 0.703. The lowest BCUT2D eigenvalue weighted by Gasteiger charge is -2.20. The van der Waals surface area contributed by atoms with E-state index in [0.717, 1.165) is 13.1 Å². The molecule has 3 heteroatoms. The van der Waals surface area contributed by atoms with Gasteiger partial charge in [0, 0.05) is 6.54 Å². The molecule has 1 amide bonds. The number of carbonyl (C=O) groups excluding carboxylic acids is 1. The van der Waals surface area contributed by atoms with Gasteiger partial charge in [0.2, 0.25) is 5.91 Å². The minimum absolute atomic E-state index is 0.0755. The fourth-order valence-electron chi connectivity index (χ4n) is 2.63. The van der Waals surface area contributed by atoms with Crippen molar-refractivity contribution in [2.45, 2.75) is 26.8 Å². The Labute approximate surface area is 109 Å². The van der Waals surface area contributed by atoms with E-state index in [1.54, 1.807) is 0 Å². The highest BCUT2D eigenvalue weighted by Gasteiger charge is 2.30. The highest BCUT2D eigenvalue weighted by atomic mass is 16.2. The van der Waals surface area contributed by atoms with E-state index in [0.29, 0.717) is 5.92 Å². The smallest absolute Gasteiger partial charge is 0.225 e. The molecule has 0 aromatic heterocycles. The first-order valence-electron chi connectivity index (χ1n) is 6.66. The molecule has 1 aliphatic rings. The maximum atomic E-state index is 12.2. The Balaban J connectivity index is 2.01. The molecule has 0 spiro atoms. The van der Waals surface area contributed by atoms with Crippen molar-refractivity contribution in [3.8, 4) is 0 Å². The topological polar surface area (TPSA) is 41.1 Å². The van der Waals surface area contributed by atoms with E-state index in [-0.39, 0.29) is 17.9 Å². The molecule has 1 fully saturated rings. The van der Waals surface area contributed by atoms with Crippen molar-refractivity contribution in [2.75, 3.05) is 13.1 Å². The number of hydrogen-bond donors (Lipinski definition) is 2. The molecule has 18 heavy (non-hydrogen) atoms. The average molecular weight is 246 g/mol. The maximum absolute atomic E-state index is 12.2. The summed E-state index contributed by atoms with van der Waals surface area (Å²) >= 11 is 0. The van der Waals surface area contributed by atoms with E-state index < -0.39 is 0 Å². The Morgan fingerprint density at radius 3 is 2.72 bits per heavy atom. The molecule has 98 valence electrons. The van der Waals surface area contributed by atoms with Crippen LogP contribution in [-0.4, -0.2) is 19.0 Å². The first-order valence-corrected chi connectivity index (χ1v) is 6.66. The predicted molar refractivity (Wildman–Crippen MR) is 73.3 cm³/mol. The van der Waals surface area contributed by atoms with Gasteiger partial charge in [-0.05, 0) is 37.4 Å². The Bertz CT molecular complexity index is 430. The number of benzene rings is 1. The zero-order valence-corrected chi connectivity index (χ0v) is 11.4. The van der Waals surface area contributed by atoms with Gasteiger partial charge in [0.05, 0.1) is 12.0 Å². The van der Waals surface area contributed by atoms with Gasteiger partial charge in [0.1, 0.15) is 0 Å². The van der Waals surface area contributed by atoms with Gasteiger partial charge in [0.25, 0.3) is 0 Å². The van der Waals surface area contributed by atoms with Gasteiger partial charge in [-0.3, -0.25) is 4.79 Å². The molecule has 0 bridgehead atoms. The van der Waals surface area contributed by atoms with Gasteiger partial charge in [-0.1, -0.05) is 31.2 Å². The first-order chi connectivity index (χ1) is 8.59. The summed E-state index contributed by atoms with van der Waals surface area (Å²) in [4.78, 5) is 12.2. The lowest BCUT2D eigenvalue weighted by atomic mass is 9.96. The molecule has 1 saturated heterocycles. The summed E-state index contributed by atoms with van der Waals surface area (Å²) < 4.78 is 0. The van der Waals surface area contributed by atoms with Crippen LogP contribution in [0.5, 0.6) is 0 Å². The quantitative estimate of drug-likeness (QED) is 0.857. The van der Waals surface area contributed by atoms with Crippen LogP contribution in [0.1, 0.15) is 31.0 Å². The summed E-state index contributed by atoms with van der Waals surface area (Å²) in [6.07, 6.45) is 0. The lowest BCUT2D eigenvalue weighted by molar-refractivity contribution is -0.126. The van der Waals surface area contributed by atoms with Crippen LogP contribution in [0.3, 0.4) is 0 Å². The minimum atomic E-state index is 0.0755. The van der Waals surface area contributed by atoms with Crippen LogP contribution in [0.15, 0.2) is 24.3 Å². The second-order valence-electron chi connectivity index (χ2n) is 5.33. The van der Waals surface area contributed by atoms with E-state index >= 15 is 0 Å². The Morgan fingerprint density at radius 2 is 2.11 bits per heavy atom. The van der Waals surface area contributed by atoms with E-state index in [4.69, 9.17) is 0 Å². The predicted octanol–water partition coefficient (Wildman–Crippen LogP) is 2.03. The Morgan fingerprint density at radius 1 is 1.39 bits per heavy atom. The van der Waals surface area contributed by atoms with Crippen molar-refractivity contribution in [1.29, 1.82) is 0 Å². The van der Waals surface area contributed by atoms with E-state index in [9.17, 15) is 4.79 Å². The Hall–Kier alpha value is -1.35. The van der Waals surface area contributed by atoms with E-state index in [2.05, 4.69) is 36.6 Å². The zero-order chi connectivity index (χ0) is 13.1. The highest BCUT2D eigenvalue weighted by Crippen LogP contribution is 2.20. The summed E-state index contributed by atoms with van der Waals surface area (Å²) in [6.45, 7) is 8.00. The van der Waals surface area contributed by atoms with E-state index in [1.807, 2.05) is 19.1 Å². The molecule has 1 aromatic carbocycles. The van der Waals surface area contributed by atoms with Crippen LogP contribution >= 0.6 is 0 Å². The summed E-state index contributed by atoms with van der Waals surface area (Å²) in [5, 5.41) is 6.40. The van der Waals surface area contributed by atoms with Crippen molar-refractivity contribution in [2.24, 2.45) is 11.8 Å². The Kier molecular flexibility index (Phi) is 4.02. The van der Waals surface area contributed by atoms with Crippen molar-refractivity contribution < 1.29 is 4.79 Å². The fraction of sp³-hybridized carbons (Fsp3) is 0.533. The molecule has 0 saturated carbocycles. The van der Waals surface area contributed by atoms with Crippen LogP contribution in [0, 0.1) is 18.8 Å². The molecule has 1 aromatic rings. The summed E-state index contributed by atoms with van der Waals surface area (Å²) in [5.41, 5.74) is 2.42. The molecule has 2 N–H and O–H groups in total. The maximum Gasteiger partial charge on any atom is 0.225 e. The van der Waals surface area contributed by atoms with Gasteiger partial charge < -0.3 is 10.6 Å². The monoisotopic (exact) mass is 246 g/mol. The molecule has 1 aliphatic heterocycles. The van der Waals surface area contributed by atoms with Crippen LogP contribution in [0.4, 0.5) is 0 Å². The van der Waals surface area contributed by atoms with Crippen LogP contribution in [-0.2, 0) is 4.79 Å². The molecule has 3 atom stereocenters. The summed E-state index contributed by atoms with van der Waals surface area (Å²) in [7, 11) is 0. The highest BCUT2D eigenvalue weighted by molar-refractivity contribution is 5.80. The SMILES string of the molecule is Cc1ccccc1C(C)NC(=O)[C@@H]1CNC[C@H]1C. The fourth-order valence-corrected chi connectivity index (χ4v) is 2.63. The molecule has 3 nitrogen and oxygen atoms in total. The van der Waals surface area contributed by atoms with Gasteiger partial charge in [-0.2, -0.15) is 0 Å². The third-order valence-corrected chi connectivity index (χ3v) is 3.87. The normalized spacial score (nSPS) is 24.8. The van der Waals surface area contributed by atoms with Crippen molar-refractivity contribution in [3.63, 3.8) is 0 Å². The van der Waals surface area contributed by atoms with Crippen LogP contribution < -0.4 is 10.6 Å². The molecule has 0 radical (unpaired) electrons. The molecule has 2 rings (SSSR count). The lowest BCUT2D eigenvalue weighted by Crippen LogP contribution is -2.36. The molecule has 1 unspecified atom stereocenters. The van der Waals surface area contributed by atoms with E-state index in [1.165, 1.54) is 11.1 Å². The molecular weight excluding hydrogens is 224 g/mol. The standard InChI is InChI=1S/C15H22N2O/c1-10-6-4-5-7-13(10)12(3)17-15(18)14-9-16-8-11(14)2/h4-7,11-12,14,16H,8-9H2,1-3H3,(H,17,18)/t11-,12?,14-/m1/s1. The third kappa shape index (κ3) is 2.72. The number of hydrogen-bond acceptors (Lipinski definition) is 2. The number of carbonyl (C=O) groups is 1. The molecule has 1 heterocycles. The molecule has 0 aliphatic carbocycles. The zero-order valence-electron chi connectivity index (χ0n) is 11.4. The second kappa shape index (κ2) is 5.53. The number of rotatable bonds is 3. The van der Waals surface area contributed by atoms with Gasteiger partial charge in [-0.25, -0.2) is 0 Å². The van der Waals surface area contributed by atoms with Crippen molar-refractivity contribution in [3.05, 3.63) is 35.4 Å². The van der Waals surface area contributed by atoms with Crippen LogP contribution in [0.2, 0.25) is 0 Å². The largest absolute Gasteiger partial charge is 0.349 e. The van der Waals surface area contributed by atoms with Gasteiger partial charge in [-0.15, -0.1) is 0 Å².